The van der Waals surface area contributed by atoms with E-state index in [-0.39, 0.29) is 6.04 Å². The molecule has 0 fully saturated rings. The number of hydrogen-bond donors (Lipinski definition) is 1. The summed E-state index contributed by atoms with van der Waals surface area (Å²) >= 11 is 0. The standard InChI is InChI=1S/C29H62NO3P/c1-8-15-19-26(12-5)22-30-29(18-11-4)25-34(31,32-23-27(13-6)20-16-9-2)33-24-28(14-7)21-17-10-3/h26-30H,8-25H2,1-7H3. The molecule has 4 unspecified atom stereocenters. The van der Waals surface area contributed by atoms with Crippen LogP contribution in [0.3, 0.4) is 0 Å². The second-order valence-corrected chi connectivity index (χ2v) is 12.6. The van der Waals surface area contributed by atoms with Crippen molar-refractivity contribution < 1.29 is 13.6 Å². The van der Waals surface area contributed by atoms with Crippen LogP contribution in [0.2, 0.25) is 0 Å². The van der Waals surface area contributed by atoms with Crippen LogP contribution in [0.4, 0.5) is 0 Å². The van der Waals surface area contributed by atoms with Crippen molar-refractivity contribution in [3.05, 3.63) is 0 Å². The third-order valence-corrected chi connectivity index (χ3v) is 9.39. The lowest BCUT2D eigenvalue weighted by Gasteiger charge is -2.28. The summed E-state index contributed by atoms with van der Waals surface area (Å²) in [6.07, 6.45) is 16.8. The zero-order valence-electron chi connectivity index (χ0n) is 24.2. The number of hydrogen-bond acceptors (Lipinski definition) is 4. The lowest BCUT2D eigenvalue weighted by Crippen LogP contribution is -2.36. The fourth-order valence-corrected chi connectivity index (χ4v) is 6.54. The normalized spacial score (nSPS) is 17.3. The zero-order chi connectivity index (χ0) is 25.7. The van der Waals surface area contributed by atoms with Crippen molar-refractivity contribution in [2.24, 2.45) is 17.8 Å². The van der Waals surface area contributed by atoms with Gasteiger partial charge >= 0.3 is 7.60 Å². The second kappa shape index (κ2) is 22.3. The molecule has 0 amide bonds. The third kappa shape index (κ3) is 16.7. The largest absolute Gasteiger partial charge is 0.332 e. The van der Waals surface area contributed by atoms with E-state index < -0.39 is 7.60 Å². The van der Waals surface area contributed by atoms with Crippen LogP contribution in [0.15, 0.2) is 0 Å². The molecule has 1 N–H and O–H groups in total. The molecule has 0 saturated carbocycles. The van der Waals surface area contributed by atoms with Crippen LogP contribution in [-0.2, 0) is 13.6 Å². The molecule has 4 nitrogen and oxygen atoms in total. The van der Waals surface area contributed by atoms with E-state index in [0.29, 0.717) is 37.1 Å². The molecule has 0 aliphatic heterocycles. The molecule has 0 aromatic carbocycles. The minimum absolute atomic E-state index is 0.193. The van der Waals surface area contributed by atoms with E-state index in [2.05, 4.69) is 53.8 Å². The van der Waals surface area contributed by atoms with Crippen LogP contribution >= 0.6 is 7.60 Å². The number of rotatable bonds is 25. The summed E-state index contributed by atoms with van der Waals surface area (Å²) in [7, 11) is -3.16. The molecule has 34 heavy (non-hydrogen) atoms. The molecule has 4 atom stereocenters. The maximum absolute atomic E-state index is 14.1. The van der Waals surface area contributed by atoms with Crippen LogP contribution in [-0.4, -0.2) is 32.0 Å². The average Bonchev–Trinajstić information content (AvgIpc) is 2.84. The van der Waals surface area contributed by atoms with E-state index in [1.54, 1.807) is 0 Å². The molecule has 5 heteroatoms. The predicted octanol–water partition coefficient (Wildman–Crippen LogP) is 9.62. The molecule has 0 saturated heterocycles. The van der Waals surface area contributed by atoms with Crippen molar-refractivity contribution in [2.75, 3.05) is 25.9 Å². The Morgan fingerprint density at radius 2 is 1.06 bits per heavy atom. The molecule has 0 aliphatic carbocycles. The van der Waals surface area contributed by atoms with Gasteiger partial charge in [0.25, 0.3) is 0 Å². The minimum Gasteiger partial charge on any atom is -0.313 e. The van der Waals surface area contributed by atoms with E-state index >= 15 is 0 Å². The van der Waals surface area contributed by atoms with Crippen molar-refractivity contribution in [2.45, 2.75) is 144 Å². The van der Waals surface area contributed by atoms with Crippen molar-refractivity contribution >= 4 is 7.60 Å². The molecule has 0 heterocycles. The van der Waals surface area contributed by atoms with E-state index in [1.807, 2.05) is 0 Å². The molecule has 0 rings (SSSR count). The second-order valence-electron chi connectivity index (χ2n) is 10.5. The smallest absolute Gasteiger partial charge is 0.313 e. The first-order valence-electron chi connectivity index (χ1n) is 15.0. The van der Waals surface area contributed by atoms with Crippen LogP contribution in [0.5, 0.6) is 0 Å². The van der Waals surface area contributed by atoms with Gasteiger partial charge in [-0.05, 0) is 50.0 Å². The maximum atomic E-state index is 14.1. The molecule has 0 aromatic heterocycles. The van der Waals surface area contributed by atoms with Gasteiger partial charge in [-0.2, -0.15) is 0 Å². The van der Waals surface area contributed by atoms with E-state index in [0.717, 1.165) is 45.1 Å². The Morgan fingerprint density at radius 1 is 0.618 bits per heavy atom. The SMILES string of the molecule is CCCCC(CC)CNC(CCC)CP(=O)(OCC(CC)CCCC)OCC(CC)CCCC. The molecule has 0 aliphatic rings. The van der Waals surface area contributed by atoms with Gasteiger partial charge in [0.05, 0.1) is 19.4 Å². The highest BCUT2D eigenvalue weighted by atomic mass is 31.2. The monoisotopic (exact) mass is 503 g/mol. The van der Waals surface area contributed by atoms with Crippen molar-refractivity contribution in [1.29, 1.82) is 0 Å². The average molecular weight is 504 g/mol. The minimum atomic E-state index is -3.16. The molecule has 0 radical (unpaired) electrons. The Bertz CT molecular complexity index is 464. The van der Waals surface area contributed by atoms with E-state index in [4.69, 9.17) is 9.05 Å². The third-order valence-electron chi connectivity index (χ3n) is 7.42. The van der Waals surface area contributed by atoms with Gasteiger partial charge in [0.2, 0.25) is 0 Å². The van der Waals surface area contributed by atoms with Crippen molar-refractivity contribution in [1.82, 2.24) is 5.32 Å². The fourth-order valence-electron chi connectivity index (χ4n) is 4.53. The van der Waals surface area contributed by atoms with E-state index in [1.165, 1.54) is 51.4 Å². The topological polar surface area (TPSA) is 47.6 Å². The first-order valence-corrected chi connectivity index (χ1v) is 16.8. The Labute approximate surface area is 214 Å². The van der Waals surface area contributed by atoms with Crippen LogP contribution in [0, 0.1) is 17.8 Å². The maximum Gasteiger partial charge on any atom is 0.332 e. The molecule has 0 aromatic rings. The van der Waals surface area contributed by atoms with Crippen LogP contribution in [0.25, 0.3) is 0 Å². The summed E-state index contributed by atoms with van der Waals surface area (Å²) in [5.41, 5.74) is 0. The lowest BCUT2D eigenvalue weighted by atomic mass is 9.99. The summed E-state index contributed by atoms with van der Waals surface area (Å²) in [4.78, 5) is 0. The Hall–Kier alpha value is 0.110. The van der Waals surface area contributed by atoms with Crippen LogP contribution in [0.1, 0.15) is 138 Å². The van der Waals surface area contributed by atoms with Gasteiger partial charge in [-0.3, -0.25) is 4.57 Å². The van der Waals surface area contributed by atoms with Gasteiger partial charge < -0.3 is 14.4 Å². The number of unbranched alkanes of at least 4 members (excludes halogenated alkanes) is 3. The highest BCUT2D eigenvalue weighted by Gasteiger charge is 2.31. The summed E-state index contributed by atoms with van der Waals surface area (Å²) in [5.74, 6) is 1.63. The predicted molar refractivity (Wildman–Crippen MR) is 151 cm³/mol. The molecular formula is C29H62NO3P. The highest BCUT2D eigenvalue weighted by Crippen LogP contribution is 2.50. The first-order chi connectivity index (χ1) is 16.4. The van der Waals surface area contributed by atoms with Crippen molar-refractivity contribution in [3.63, 3.8) is 0 Å². The fraction of sp³-hybridized carbons (Fsp3) is 1.00. The Balaban J connectivity index is 5.28. The molecule has 0 spiro atoms. The van der Waals surface area contributed by atoms with Gasteiger partial charge in [0, 0.05) is 6.04 Å². The Morgan fingerprint density at radius 3 is 1.44 bits per heavy atom. The van der Waals surface area contributed by atoms with Gasteiger partial charge in [-0.1, -0.05) is 113 Å². The number of nitrogens with one attached hydrogen (secondary N) is 1. The summed E-state index contributed by atoms with van der Waals surface area (Å²) in [5, 5.41) is 3.78. The van der Waals surface area contributed by atoms with Crippen LogP contribution < -0.4 is 5.32 Å². The molecule has 206 valence electrons. The van der Waals surface area contributed by atoms with Gasteiger partial charge in [-0.15, -0.1) is 0 Å². The summed E-state index contributed by atoms with van der Waals surface area (Å²) in [6, 6.07) is 0.193. The van der Waals surface area contributed by atoms with Gasteiger partial charge in [0.15, 0.2) is 0 Å². The first kappa shape index (κ1) is 34.1. The summed E-state index contributed by atoms with van der Waals surface area (Å²) in [6.45, 7) is 17.8. The molecule has 0 bridgehead atoms. The highest BCUT2D eigenvalue weighted by molar-refractivity contribution is 7.53. The Kier molecular flexibility index (Phi) is 22.4. The van der Waals surface area contributed by atoms with Gasteiger partial charge in [-0.25, -0.2) is 0 Å². The lowest BCUT2D eigenvalue weighted by molar-refractivity contribution is 0.149. The van der Waals surface area contributed by atoms with Crippen molar-refractivity contribution in [3.8, 4) is 0 Å². The van der Waals surface area contributed by atoms with E-state index in [9.17, 15) is 4.57 Å². The summed E-state index contributed by atoms with van der Waals surface area (Å²) < 4.78 is 26.6. The molecular weight excluding hydrogens is 441 g/mol. The quantitative estimate of drug-likeness (QED) is 0.126. The zero-order valence-corrected chi connectivity index (χ0v) is 25.1. The van der Waals surface area contributed by atoms with Gasteiger partial charge in [0.1, 0.15) is 0 Å².